The lowest BCUT2D eigenvalue weighted by Crippen LogP contribution is -2.13. The van der Waals surface area contributed by atoms with Crippen molar-refractivity contribution in [1.29, 1.82) is 0 Å². The molecule has 0 spiro atoms. The highest BCUT2D eigenvalue weighted by molar-refractivity contribution is 9.10. The van der Waals surface area contributed by atoms with E-state index in [9.17, 15) is 4.79 Å². The van der Waals surface area contributed by atoms with Crippen molar-refractivity contribution in [3.05, 3.63) is 62.5 Å². The van der Waals surface area contributed by atoms with E-state index in [1.807, 2.05) is 29.6 Å². The van der Waals surface area contributed by atoms with E-state index < -0.39 is 0 Å². The topological polar surface area (TPSA) is 59.8 Å². The molecule has 1 aliphatic carbocycles. The second kappa shape index (κ2) is 6.49. The summed E-state index contributed by atoms with van der Waals surface area (Å²) < 4.78 is 2.76. The molecule has 122 valence electrons. The largest absolute Gasteiger partial charge is 0.288 e. The van der Waals surface area contributed by atoms with Crippen molar-refractivity contribution in [2.24, 2.45) is 0 Å². The SMILES string of the molecule is O=C(Nc1ncn(Cc2ccc(Br)cc2)n1)c1sccc1C1CC1. The number of benzene rings is 1. The van der Waals surface area contributed by atoms with Gasteiger partial charge in [0.25, 0.3) is 5.91 Å². The monoisotopic (exact) mass is 402 g/mol. The van der Waals surface area contributed by atoms with Crippen LogP contribution in [0.25, 0.3) is 0 Å². The Hall–Kier alpha value is -1.99. The molecule has 2 aromatic heterocycles. The second-order valence-electron chi connectivity index (χ2n) is 5.83. The number of carbonyl (C=O) groups excluding carboxylic acids is 1. The van der Waals surface area contributed by atoms with Gasteiger partial charge in [0.1, 0.15) is 6.33 Å². The number of amides is 1. The van der Waals surface area contributed by atoms with Crippen molar-refractivity contribution in [2.45, 2.75) is 25.3 Å². The minimum atomic E-state index is -0.117. The molecule has 5 nitrogen and oxygen atoms in total. The minimum Gasteiger partial charge on any atom is -0.288 e. The van der Waals surface area contributed by atoms with Crippen LogP contribution >= 0.6 is 27.3 Å². The molecule has 0 aliphatic heterocycles. The number of halogens is 1. The molecule has 1 amide bonds. The van der Waals surface area contributed by atoms with Gasteiger partial charge in [-0.3, -0.25) is 10.1 Å². The highest BCUT2D eigenvalue weighted by Crippen LogP contribution is 2.43. The zero-order valence-electron chi connectivity index (χ0n) is 12.8. The van der Waals surface area contributed by atoms with Gasteiger partial charge in [0.2, 0.25) is 5.95 Å². The molecular weight excluding hydrogens is 388 g/mol. The average molecular weight is 403 g/mol. The number of nitrogens with zero attached hydrogens (tertiary/aromatic N) is 3. The quantitative estimate of drug-likeness (QED) is 0.692. The zero-order chi connectivity index (χ0) is 16.5. The lowest BCUT2D eigenvalue weighted by molar-refractivity contribution is 0.102. The van der Waals surface area contributed by atoms with Crippen molar-refractivity contribution < 1.29 is 4.79 Å². The van der Waals surface area contributed by atoms with E-state index in [1.54, 1.807) is 11.0 Å². The number of anilines is 1. The van der Waals surface area contributed by atoms with Crippen LogP contribution < -0.4 is 5.32 Å². The molecule has 1 aromatic carbocycles. The van der Waals surface area contributed by atoms with Crippen molar-refractivity contribution in [2.75, 3.05) is 5.32 Å². The molecule has 0 unspecified atom stereocenters. The highest BCUT2D eigenvalue weighted by Gasteiger charge is 2.29. The van der Waals surface area contributed by atoms with Gasteiger partial charge in [0.15, 0.2) is 0 Å². The lowest BCUT2D eigenvalue weighted by atomic mass is 10.1. The maximum atomic E-state index is 12.4. The molecule has 4 rings (SSSR count). The third-order valence-corrected chi connectivity index (χ3v) is 5.40. The van der Waals surface area contributed by atoms with Crippen LogP contribution in [0.15, 0.2) is 46.5 Å². The average Bonchev–Trinajstić information content (AvgIpc) is 3.13. The predicted molar refractivity (Wildman–Crippen MR) is 97.5 cm³/mol. The molecule has 24 heavy (non-hydrogen) atoms. The fraction of sp³-hybridized carbons (Fsp3) is 0.235. The van der Waals surface area contributed by atoms with E-state index in [-0.39, 0.29) is 5.91 Å². The molecule has 0 atom stereocenters. The molecule has 7 heteroatoms. The minimum absolute atomic E-state index is 0.117. The van der Waals surface area contributed by atoms with Crippen molar-refractivity contribution in [3.8, 4) is 0 Å². The van der Waals surface area contributed by atoms with Crippen LogP contribution in [-0.4, -0.2) is 20.7 Å². The number of thiophene rings is 1. The lowest BCUT2D eigenvalue weighted by Gasteiger charge is -2.02. The number of rotatable bonds is 5. The molecule has 1 fully saturated rings. The first-order valence-electron chi connectivity index (χ1n) is 7.71. The van der Waals surface area contributed by atoms with Crippen LogP contribution in [0, 0.1) is 0 Å². The second-order valence-corrected chi connectivity index (χ2v) is 7.66. The van der Waals surface area contributed by atoms with E-state index in [4.69, 9.17) is 0 Å². The summed E-state index contributed by atoms with van der Waals surface area (Å²) in [4.78, 5) is 17.4. The molecule has 2 heterocycles. The Bertz CT molecular complexity index is 867. The van der Waals surface area contributed by atoms with Gasteiger partial charge in [0, 0.05) is 4.47 Å². The highest BCUT2D eigenvalue weighted by atomic mass is 79.9. The summed E-state index contributed by atoms with van der Waals surface area (Å²) in [5, 5.41) is 9.11. The van der Waals surface area contributed by atoms with Gasteiger partial charge in [-0.2, -0.15) is 0 Å². The molecule has 1 N–H and O–H groups in total. The fourth-order valence-electron chi connectivity index (χ4n) is 2.58. The van der Waals surface area contributed by atoms with Crippen LogP contribution in [0.5, 0.6) is 0 Å². The first-order chi connectivity index (χ1) is 11.7. The zero-order valence-corrected chi connectivity index (χ0v) is 15.2. The van der Waals surface area contributed by atoms with E-state index in [2.05, 4.69) is 37.4 Å². The Labute approximate surface area is 151 Å². The molecule has 0 bridgehead atoms. The van der Waals surface area contributed by atoms with Gasteiger partial charge in [-0.1, -0.05) is 28.1 Å². The molecule has 1 saturated carbocycles. The molecule has 0 saturated heterocycles. The fourth-order valence-corrected chi connectivity index (χ4v) is 3.73. The van der Waals surface area contributed by atoms with E-state index in [0.29, 0.717) is 18.4 Å². The van der Waals surface area contributed by atoms with Gasteiger partial charge in [0.05, 0.1) is 11.4 Å². The number of nitrogens with one attached hydrogen (secondary N) is 1. The van der Waals surface area contributed by atoms with Gasteiger partial charge in [-0.15, -0.1) is 16.4 Å². The van der Waals surface area contributed by atoms with Crippen LogP contribution in [0.1, 0.15) is 39.6 Å². The molecule has 3 aromatic rings. The molecule has 0 radical (unpaired) electrons. The molecule has 1 aliphatic rings. The Balaban J connectivity index is 1.44. The van der Waals surface area contributed by atoms with E-state index in [0.717, 1.165) is 20.5 Å². The van der Waals surface area contributed by atoms with Crippen molar-refractivity contribution >= 4 is 39.1 Å². The number of hydrogen-bond acceptors (Lipinski definition) is 4. The van der Waals surface area contributed by atoms with Crippen molar-refractivity contribution in [1.82, 2.24) is 14.8 Å². The number of carbonyl (C=O) groups is 1. The Morgan fingerprint density at radius 2 is 2.08 bits per heavy atom. The summed E-state index contributed by atoms with van der Waals surface area (Å²) in [5.41, 5.74) is 2.28. The normalized spacial score (nSPS) is 13.9. The maximum Gasteiger partial charge on any atom is 0.268 e. The summed E-state index contributed by atoms with van der Waals surface area (Å²) >= 11 is 4.90. The standard InChI is InChI=1S/C17H15BrN4OS/c18-13-5-1-11(2-6-13)9-22-10-19-17(21-22)20-16(23)15-14(7-8-24-15)12-3-4-12/h1-2,5-8,10,12H,3-4,9H2,(H,20,21,23). The smallest absolute Gasteiger partial charge is 0.268 e. The summed E-state index contributed by atoms with van der Waals surface area (Å²) in [7, 11) is 0. The van der Waals surface area contributed by atoms with Gasteiger partial charge >= 0.3 is 0 Å². The van der Waals surface area contributed by atoms with Gasteiger partial charge in [-0.25, -0.2) is 9.67 Å². The predicted octanol–water partition coefficient (Wildman–Crippen LogP) is 4.28. The Morgan fingerprint density at radius 1 is 1.29 bits per heavy atom. The van der Waals surface area contributed by atoms with Crippen LogP contribution in [0.2, 0.25) is 0 Å². The third kappa shape index (κ3) is 3.42. The number of aromatic nitrogens is 3. The summed E-state index contributed by atoms with van der Waals surface area (Å²) in [5.74, 6) is 0.778. The maximum absolute atomic E-state index is 12.4. The summed E-state index contributed by atoms with van der Waals surface area (Å²) in [6.45, 7) is 0.614. The van der Waals surface area contributed by atoms with Crippen LogP contribution in [0.4, 0.5) is 5.95 Å². The first kappa shape index (κ1) is 15.5. The van der Waals surface area contributed by atoms with Gasteiger partial charge in [-0.05, 0) is 53.5 Å². The van der Waals surface area contributed by atoms with Crippen LogP contribution in [0.3, 0.4) is 0 Å². The van der Waals surface area contributed by atoms with Crippen molar-refractivity contribution in [3.63, 3.8) is 0 Å². The summed E-state index contributed by atoms with van der Waals surface area (Å²) in [6.07, 6.45) is 3.99. The van der Waals surface area contributed by atoms with Gasteiger partial charge < -0.3 is 0 Å². The van der Waals surface area contributed by atoms with Crippen LogP contribution in [-0.2, 0) is 6.54 Å². The number of hydrogen-bond donors (Lipinski definition) is 1. The third-order valence-electron chi connectivity index (χ3n) is 3.94. The van der Waals surface area contributed by atoms with E-state index in [1.165, 1.54) is 24.2 Å². The van der Waals surface area contributed by atoms with E-state index >= 15 is 0 Å². The molecular formula is C17H15BrN4OS. The summed E-state index contributed by atoms with van der Waals surface area (Å²) in [6, 6.07) is 10.1. The Kier molecular flexibility index (Phi) is 4.20. The Morgan fingerprint density at radius 3 is 2.83 bits per heavy atom. The first-order valence-corrected chi connectivity index (χ1v) is 9.39.